The Morgan fingerprint density at radius 1 is 1.43 bits per heavy atom. The molecule has 1 aliphatic heterocycles. The van der Waals surface area contributed by atoms with Crippen molar-refractivity contribution in [2.24, 2.45) is 5.92 Å². The molecule has 2 aromatic heterocycles. The molecule has 0 saturated carbocycles. The number of rotatable bonds is 4. The van der Waals surface area contributed by atoms with Crippen molar-refractivity contribution in [3.05, 3.63) is 40.3 Å². The second-order valence-electron chi connectivity index (χ2n) is 5.57. The Morgan fingerprint density at radius 2 is 2.17 bits per heavy atom. The quantitative estimate of drug-likeness (QED) is 0.878. The lowest BCUT2D eigenvalue weighted by Gasteiger charge is -2.27. The van der Waals surface area contributed by atoms with Gasteiger partial charge in [-0.2, -0.15) is 5.10 Å². The van der Waals surface area contributed by atoms with E-state index in [1.54, 1.807) is 16.8 Å². The second kappa shape index (κ2) is 7.29. The lowest BCUT2D eigenvalue weighted by Crippen LogP contribution is -2.48. The largest absolute Gasteiger partial charge is 0.350 e. The predicted octanol–water partition coefficient (Wildman–Crippen LogP) is 1.91. The fourth-order valence-corrected chi connectivity index (χ4v) is 2.57. The number of halogens is 2. The minimum absolute atomic E-state index is 0. The van der Waals surface area contributed by atoms with Gasteiger partial charge in [-0.25, -0.2) is 9.67 Å². The lowest BCUT2D eigenvalue weighted by molar-refractivity contribution is 0.0937. The first-order chi connectivity index (χ1) is 10.5. The minimum Gasteiger partial charge on any atom is -0.350 e. The maximum Gasteiger partial charge on any atom is 0.271 e. The van der Waals surface area contributed by atoms with Crippen LogP contribution in [0.15, 0.2) is 18.2 Å². The van der Waals surface area contributed by atoms with E-state index in [4.69, 9.17) is 11.6 Å². The highest BCUT2D eigenvalue weighted by Crippen LogP contribution is 2.18. The van der Waals surface area contributed by atoms with Crippen LogP contribution in [0.1, 0.15) is 21.9 Å². The molecule has 1 aliphatic rings. The Kier molecular flexibility index (Phi) is 5.62. The van der Waals surface area contributed by atoms with E-state index >= 15 is 0 Å². The lowest BCUT2D eigenvalue weighted by atomic mass is 10.0. The molecule has 23 heavy (non-hydrogen) atoms. The molecule has 1 amide bonds. The van der Waals surface area contributed by atoms with Crippen LogP contribution in [0.2, 0.25) is 5.02 Å². The summed E-state index contributed by atoms with van der Waals surface area (Å²) < 4.78 is 1.71. The average Bonchev–Trinajstić information content (AvgIpc) is 2.76. The van der Waals surface area contributed by atoms with Gasteiger partial charge < -0.3 is 10.6 Å². The summed E-state index contributed by atoms with van der Waals surface area (Å²) in [5.74, 6) is 0.827. The number of aromatic nitrogens is 3. The highest BCUT2D eigenvalue weighted by atomic mass is 35.5. The summed E-state index contributed by atoms with van der Waals surface area (Å²) >= 11 is 6.12. The maximum absolute atomic E-state index is 12.3. The van der Waals surface area contributed by atoms with Crippen LogP contribution in [0.5, 0.6) is 0 Å². The van der Waals surface area contributed by atoms with Crippen LogP contribution in [-0.4, -0.2) is 40.3 Å². The summed E-state index contributed by atoms with van der Waals surface area (Å²) in [6.45, 7) is 6.37. The first kappa shape index (κ1) is 17.7. The summed E-state index contributed by atoms with van der Waals surface area (Å²) in [4.78, 5) is 16.7. The van der Waals surface area contributed by atoms with E-state index in [1.165, 1.54) is 0 Å². The smallest absolute Gasteiger partial charge is 0.271 e. The zero-order chi connectivity index (χ0) is 15.7. The first-order valence-corrected chi connectivity index (χ1v) is 7.61. The molecule has 124 valence electrons. The molecule has 0 bridgehead atoms. The summed E-state index contributed by atoms with van der Waals surface area (Å²) in [6.07, 6.45) is 0. The van der Waals surface area contributed by atoms with Crippen LogP contribution in [0, 0.1) is 19.8 Å². The van der Waals surface area contributed by atoms with Crippen molar-refractivity contribution in [2.45, 2.75) is 13.8 Å². The fourth-order valence-electron chi connectivity index (χ4n) is 2.38. The average molecular weight is 356 g/mol. The zero-order valence-corrected chi connectivity index (χ0v) is 14.5. The van der Waals surface area contributed by atoms with Crippen molar-refractivity contribution in [1.82, 2.24) is 25.4 Å². The first-order valence-electron chi connectivity index (χ1n) is 7.23. The monoisotopic (exact) mass is 355 g/mol. The standard InChI is InChI=1S/C15H18ClN5O.ClH/c1-9-5-10(2)21(20-9)13-4-3-12(16)14(19-13)15(22)18-8-11-6-17-7-11;/h3-5,11,17H,6-8H2,1-2H3,(H,18,22);1H. The Hall–Kier alpha value is -1.63. The summed E-state index contributed by atoms with van der Waals surface area (Å²) in [5, 5.41) is 10.8. The van der Waals surface area contributed by atoms with Gasteiger partial charge >= 0.3 is 0 Å². The van der Waals surface area contributed by atoms with Gasteiger partial charge in [0.05, 0.1) is 10.7 Å². The molecule has 1 saturated heterocycles. The van der Waals surface area contributed by atoms with Crippen molar-refractivity contribution in [3.63, 3.8) is 0 Å². The van der Waals surface area contributed by atoms with E-state index in [0.717, 1.165) is 24.5 Å². The SMILES string of the molecule is Cc1cc(C)n(-c2ccc(Cl)c(C(=O)NCC3CNC3)n2)n1.Cl. The van der Waals surface area contributed by atoms with Crippen LogP contribution in [-0.2, 0) is 0 Å². The van der Waals surface area contributed by atoms with E-state index in [1.807, 2.05) is 19.9 Å². The van der Waals surface area contributed by atoms with E-state index in [2.05, 4.69) is 20.7 Å². The van der Waals surface area contributed by atoms with Crippen molar-refractivity contribution < 1.29 is 4.79 Å². The Morgan fingerprint density at radius 3 is 2.74 bits per heavy atom. The normalized spacial score (nSPS) is 14.0. The molecule has 2 N–H and O–H groups in total. The maximum atomic E-state index is 12.3. The molecule has 0 unspecified atom stereocenters. The number of carbonyl (C=O) groups excluding carboxylic acids is 1. The molecule has 0 aliphatic carbocycles. The van der Waals surface area contributed by atoms with Gasteiger partial charge in [-0.3, -0.25) is 4.79 Å². The number of hydrogen-bond donors (Lipinski definition) is 2. The fraction of sp³-hybridized carbons (Fsp3) is 0.400. The van der Waals surface area contributed by atoms with Gasteiger partial charge in [0.2, 0.25) is 0 Å². The van der Waals surface area contributed by atoms with Gasteiger partial charge in [-0.1, -0.05) is 11.6 Å². The van der Waals surface area contributed by atoms with Gasteiger partial charge in [0.1, 0.15) is 5.69 Å². The van der Waals surface area contributed by atoms with E-state index in [-0.39, 0.29) is 24.0 Å². The van der Waals surface area contributed by atoms with Crippen LogP contribution in [0.3, 0.4) is 0 Å². The number of hydrogen-bond acceptors (Lipinski definition) is 4. The predicted molar refractivity (Wildman–Crippen MR) is 91.8 cm³/mol. The third-order valence-electron chi connectivity index (χ3n) is 3.69. The second-order valence-corrected chi connectivity index (χ2v) is 5.98. The van der Waals surface area contributed by atoms with E-state index in [9.17, 15) is 4.79 Å². The molecule has 8 heteroatoms. The molecule has 1 fully saturated rings. The summed E-state index contributed by atoms with van der Waals surface area (Å²) in [5.41, 5.74) is 2.09. The minimum atomic E-state index is -0.250. The van der Waals surface area contributed by atoms with Crippen molar-refractivity contribution >= 4 is 29.9 Å². The molecule has 3 heterocycles. The Labute approximate surface area is 146 Å². The van der Waals surface area contributed by atoms with Crippen molar-refractivity contribution in [3.8, 4) is 5.82 Å². The van der Waals surface area contributed by atoms with Gasteiger partial charge in [0.15, 0.2) is 5.82 Å². The molecule has 3 rings (SSSR count). The third-order valence-corrected chi connectivity index (χ3v) is 4.00. The molecule has 0 spiro atoms. The molecule has 6 nitrogen and oxygen atoms in total. The zero-order valence-electron chi connectivity index (χ0n) is 13.0. The Bertz CT molecular complexity index is 712. The summed E-state index contributed by atoms with van der Waals surface area (Å²) in [7, 11) is 0. The molecular formula is C15H19Cl2N5O. The number of carbonyl (C=O) groups is 1. The highest BCUT2D eigenvalue weighted by Gasteiger charge is 2.20. The van der Waals surface area contributed by atoms with Crippen LogP contribution in [0.25, 0.3) is 5.82 Å². The van der Waals surface area contributed by atoms with Gasteiger partial charge in [0, 0.05) is 31.2 Å². The number of pyridine rings is 1. The van der Waals surface area contributed by atoms with Crippen LogP contribution in [0.4, 0.5) is 0 Å². The highest BCUT2D eigenvalue weighted by molar-refractivity contribution is 6.33. The topological polar surface area (TPSA) is 71.8 Å². The molecule has 0 atom stereocenters. The van der Waals surface area contributed by atoms with E-state index in [0.29, 0.717) is 23.3 Å². The van der Waals surface area contributed by atoms with Gasteiger partial charge in [-0.05, 0) is 32.0 Å². The summed E-state index contributed by atoms with van der Waals surface area (Å²) in [6, 6.07) is 5.40. The third kappa shape index (κ3) is 3.83. The number of amides is 1. The Balaban J connectivity index is 0.00000192. The molecule has 0 radical (unpaired) electrons. The molecule has 0 aromatic carbocycles. The van der Waals surface area contributed by atoms with Crippen LogP contribution < -0.4 is 10.6 Å². The van der Waals surface area contributed by atoms with E-state index < -0.39 is 0 Å². The number of nitrogens with zero attached hydrogens (tertiary/aromatic N) is 3. The van der Waals surface area contributed by atoms with Crippen LogP contribution >= 0.6 is 24.0 Å². The number of aryl methyl sites for hydroxylation is 2. The van der Waals surface area contributed by atoms with Gasteiger partial charge in [0.25, 0.3) is 5.91 Å². The molecule has 2 aromatic rings. The number of nitrogens with one attached hydrogen (secondary N) is 2. The molecular weight excluding hydrogens is 337 g/mol. The van der Waals surface area contributed by atoms with Gasteiger partial charge in [-0.15, -0.1) is 12.4 Å². The van der Waals surface area contributed by atoms with Crippen molar-refractivity contribution in [1.29, 1.82) is 0 Å². The van der Waals surface area contributed by atoms with Crippen molar-refractivity contribution in [2.75, 3.05) is 19.6 Å².